The van der Waals surface area contributed by atoms with Crippen molar-refractivity contribution in [1.82, 2.24) is 4.31 Å². The van der Waals surface area contributed by atoms with Crippen LogP contribution in [0, 0.1) is 0 Å². The maximum atomic E-state index is 12.5. The highest BCUT2D eigenvalue weighted by atomic mass is 79.9. The van der Waals surface area contributed by atoms with Crippen LogP contribution in [0.25, 0.3) is 0 Å². The lowest BCUT2D eigenvalue weighted by atomic mass is 10.2. The Morgan fingerprint density at radius 1 is 1.50 bits per heavy atom. The second-order valence-electron chi connectivity index (χ2n) is 4.28. The number of sulfonamides is 1. The van der Waals surface area contributed by atoms with Crippen LogP contribution in [0.5, 0.6) is 0 Å². The van der Waals surface area contributed by atoms with Crippen LogP contribution < -0.4 is 5.73 Å². The van der Waals surface area contributed by atoms with E-state index in [1.54, 1.807) is 12.1 Å². The van der Waals surface area contributed by atoms with Gasteiger partial charge in [-0.2, -0.15) is 4.31 Å². The van der Waals surface area contributed by atoms with Crippen LogP contribution in [0.15, 0.2) is 27.6 Å². The topological polar surface area (TPSA) is 83.6 Å². The smallest absolute Gasteiger partial charge is 0.245 e. The van der Waals surface area contributed by atoms with Gasteiger partial charge in [0.25, 0.3) is 0 Å². The van der Waals surface area contributed by atoms with Gasteiger partial charge in [0.2, 0.25) is 10.0 Å². The molecule has 1 fully saturated rings. The molecule has 18 heavy (non-hydrogen) atoms. The zero-order chi connectivity index (χ0) is 13.3. The third-order valence-corrected chi connectivity index (χ3v) is 5.60. The molecule has 1 aliphatic heterocycles. The van der Waals surface area contributed by atoms with Gasteiger partial charge in [-0.15, -0.1) is 0 Å². The van der Waals surface area contributed by atoms with Crippen LogP contribution in [-0.2, 0) is 10.0 Å². The van der Waals surface area contributed by atoms with Crippen LogP contribution in [0.3, 0.4) is 0 Å². The van der Waals surface area contributed by atoms with Crippen molar-refractivity contribution in [2.45, 2.75) is 23.8 Å². The molecular formula is C11H15BrN2O3S. The van der Waals surface area contributed by atoms with Crippen LogP contribution in [0.2, 0.25) is 0 Å². The Kier molecular flexibility index (Phi) is 3.96. The Hall–Kier alpha value is -0.630. The zero-order valence-electron chi connectivity index (χ0n) is 9.71. The molecule has 0 spiro atoms. The number of halogens is 1. The lowest BCUT2D eigenvalue weighted by Crippen LogP contribution is -2.37. The van der Waals surface area contributed by atoms with Crippen LogP contribution in [-0.4, -0.2) is 37.0 Å². The summed E-state index contributed by atoms with van der Waals surface area (Å²) in [5.74, 6) is 0. The third kappa shape index (κ3) is 2.40. The molecule has 0 radical (unpaired) electrons. The second-order valence-corrected chi connectivity index (χ2v) is 7.05. The predicted molar refractivity (Wildman–Crippen MR) is 72.6 cm³/mol. The number of hydrogen-bond donors (Lipinski definition) is 2. The van der Waals surface area contributed by atoms with Crippen molar-refractivity contribution in [3.8, 4) is 0 Å². The van der Waals surface area contributed by atoms with Gasteiger partial charge in [0.05, 0.1) is 12.3 Å². The van der Waals surface area contributed by atoms with E-state index in [9.17, 15) is 13.5 Å². The average molecular weight is 335 g/mol. The van der Waals surface area contributed by atoms with E-state index in [1.807, 2.05) is 0 Å². The van der Waals surface area contributed by atoms with Gasteiger partial charge in [-0.05, 0) is 31.0 Å². The van der Waals surface area contributed by atoms with Gasteiger partial charge in [-0.3, -0.25) is 0 Å². The summed E-state index contributed by atoms with van der Waals surface area (Å²) in [6.07, 6.45) is 1.45. The molecule has 1 saturated heterocycles. The van der Waals surface area contributed by atoms with E-state index in [-0.39, 0.29) is 23.2 Å². The van der Waals surface area contributed by atoms with Crippen molar-refractivity contribution in [2.75, 3.05) is 18.9 Å². The van der Waals surface area contributed by atoms with Crippen molar-refractivity contribution in [3.63, 3.8) is 0 Å². The van der Waals surface area contributed by atoms with Crippen molar-refractivity contribution >= 4 is 31.6 Å². The molecule has 2 rings (SSSR count). The first-order valence-electron chi connectivity index (χ1n) is 5.64. The first kappa shape index (κ1) is 13.8. The molecule has 1 atom stereocenters. The molecule has 0 saturated carbocycles. The minimum Gasteiger partial charge on any atom is -0.398 e. The van der Waals surface area contributed by atoms with Crippen molar-refractivity contribution in [3.05, 3.63) is 22.7 Å². The van der Waals surface area contributed by atoms with Gasteiger partial charge in [-0.1, -0.05) is 15.9 Å². The number of benzene rings is 1. The molecule has 5 nitrogen and oxygen atoms in total. The molecule has 0 unspecified atom stereocenters. The van der Waals surface area contributed by atoms with Crippen LogP contribution >= 0.6 is 15.9 Å². The Bertz CT molecular complexity index is 547. The summed E-state index contributed by atoms with van der Waals surface area (Å²) in [6, 6.07) is 4.41. The molecule has 100 valence electrons. The Labute approximate surface area is 115 Å². The first-order chi connectivity index (χ1) is 8.46. The molecule has 1 aromatic carbocycles. The molecule has 0 aliphatic carbocycles. The number of hydrogen-bond acceptors (Lipinski definition) is 4. The summed E-state index contributed by atoms with van der Waals surface area (Å²) in [6.45, 7) is 0.270. The van der Waals surface area contributed by atoms with Crippen molar-refractivity contribution < 1.29 is 13.5 Å². The molecule has 0 amide bonds. The minimum absolute atomic E-state index is 0.0947. The number of rotatable bonds is 3. The maximum absolute atomic E-state index is 12.5. The normalized spacial score (nSPS) is 21.3. The number of nitrogens with zero attached hydrogens (tertiary/aromatic N) is 1. The minimum atomic E-state index is -3.63. The van der Waals surface area contributed by atoms with E-state index in [2.05, 4.69) is 15.9 Å². The maximum Gasteiger partial charge on any atom is 0.245 e. The fraction of sp³-hybridized carbons (Fsp3) is 0.455. The number of nitrogens with two attached hydrogens (primary N) is 1. The highest BCUT2D eigenvalue weighted by Gasteiger charge is 2.35. The van der Waals surface area contributed by atoms with Crippen LogP contribution in [0.1, 0.15) is 12.8 Å². The van der Waals surface area contributed by atoms with Gasteiger partial charge >= 0.3 is 0 Å². The summed E-state index contributed by atoms with van der Waals surface area (Å²) in [5.41, 5.74) is 5.96. The SMILES string of the molecule is Nc1ccc(Br)cc1S(=O)(=O)N1CCC[C@@H]1CO. The molecule has 7 heteroatoms. The molecule has 0 aromatic heterocycles. The Balaban J connectivity index is 2.45. The predicted octanol–water partition coefficient (Wildman–Crippen LogP) is 1.18. The lowest BCUT2D eigenvalue weighted by Gasteiger charge is -2.23. The largest absolute Gasteiger partial charge is 0.398 e. The summed E-state index contributed by atoms with van der Waals surface area (Å²) >= 11 is 3.24. The first-order valence-corrected chi connectivity index (χ1v) is 7.88. The highest BCUT2D eigenvalue weighted by Crippen LogP contribution is 2.30. The van der Waals surface area contributed by atoms with Gasteiger partial charge < -0.3 is 10.8 Å². The van der Waals surface area contributed by atoms with Gasteiger partial charge in [0.1, 0.15) is 4.90 Å². The summed E-state index contributed by atoms with van der Waals surface area (Å²) in [7, 11) is -3.63. The second kappa shape index (κ2) is 5.16. The quantitative estimate of drug-likeness (QED) is 0.813. The van der Waals surface area contributed by atoms with Crippen molar-refractivity contribution in [2.24, 2.45) is 0 Å². The van der Waals surface area contributed by atoms with E-state index < -0.39 is 10.0 Å². The van der Waals surface area contributed by atoms with E-state index in [1.165, 1.54) is 10.4 Å². The third-order valence-electron chi connectivity index (χ3n) is 3.10. The molecule has 1 aromatic rings. The molecule has 0 bridgehead atoms. The number of aliphatic hydroxyl groups is 1. The summed E-state index contributed by atoms with van der Waals surface area (Å²) in [4.78, 5) is 0.0947. The average Bonchev–Trinajstić information content (AvgIpc) is 2.81. The monoisotopic (exact) mass is 334 g/mol. The van der Waals surface area contributed by atoms with Gasteiger partial charge in [0, 0.05) is 17.1 Å². The lowest BCUT2D eigenvalue weighted by molar-refractivity contribution is 0.213. The molecule has 1 aliphatic rings. The fourth-order valence-corrected chi connectivity index (χ4v) is 4.51. The van der Waals surface area contributed by atoms with Gasteiger partial charge in [0.15, 0.2) is 0 Å². The molecule has 1 heterocycles. The summed E-state index contributed by atoms with van der Waals surface area (Å²) < 4.78 is 27.0. The fourth-order valence-electron chi connectivity index (χ4n) is 2.17. The zero-order valence-corrected chi connectivity index (χ0v) is 12.1. The molecular weight excluding hydrogens is 320 g/mol. The number of nitrogen functional groups attached to an aromatic ring is 1. The van der Waals surface area contributed by atoms with Crippen LogP contribution in [0.4, 0.5) is 5.69 Å². The number of anilines is 1. The Morgan fingerprint density at radius 3 is 2.89 bits per heavy atom. The molecule has 3 N–H and O–H groups in total. The Morgan fingerprint density at radius 2 is 2.22 bits per heavy atom. The number of aliphatic hydroxyl groups excluding tert-OH is 1. The van der Waals surface area contributed by atoms with Gasteiger partial charge in [-0.25, -0.2) is 8.42 Å². The van der Waals surface area contributed by atoms with E-state index >= 15 is 0 Å². The summed E-state index contributed by atoms with van der Waals surface area (Å²) in [5, 5.41) is 9.22. The van der Waals surface area contributed by atoms with E-state index in [0.717, 1.165) is 6.42 Å². The van der Waals surface area contributed by atoms with E-state index in [4.69, 9.17) is 5.73 Å². The highest BCUT2D eigenvalue weighted by molar-refractivity contribution is 9.10. The van der Waals surface area contributed by atoms with E-state index in [0.29, 0.717) is 17.4 Å². The van der Waals surface area contributed by atoms with Crippen molar-refractivity contribution in [1.29, 1.82) is 0 Å². The standard InChI is InChI=1S/C11H15BrN2O3S/c12-8-3-4-10(13)11(6-8)18(16,17)14-5-1-2-9(14)7-15/h3-4,6,9,15H,1-2,5,7,13H2/t9-/m1/s1.